The maximum absolute atomic E-state index is 14.1. The summed E-state index contributed by atoms with van der Waals surface area (Å²) in [5, 5.41) is 27.3. The lowest BCUT2D eigenvalue weighted by Gasteiger charge is -2.28. The zero-order valence-electron chi connectivity index (χ0n) is 44.5. The second-order valence-corrected chi connectivity index (χ2v) is 18.5. The minimum atomic E-state index is -1.91. The highest BCUT2D eigenvalue weighted by atomic mass is 16.4. The molecule has 0 rings (SSSR count). The van der Waals surface area contributed by atoms with Gasteiger partial charge in [-0.2, -0.15) is 0 Å². The lowest BCUT2D eigenvalue weighted by molar-refractivity contribution is -0.143. The topological polar surface area (TPSA) is 684 Å². The summed E-state index contributed by atoms with van der Waals surface area (Å²) in [4.78, 5) is 227. The standard InChI is InChI=1S/C45H74N18O19/c46-19(1-10-28(47)64)37(73)56-20(2-11-29(48)65)38(74)57-21(3-12-30(49)66)39(75)58-22(4-13-31(50)67)40(76)59-23(5-14-32(51)68)41(77)60-24(6-15-33(52)69)42(78)61-25(7-16-34(53)70)43(79)62-26(8-17-35(54)71)44(80)63-27(45(81)82)9-18-36(55)72/h19-27H,1-18,46H2,(H2,47,64)(H2,48,65)(H2,49,66)(H2,50,67)(H2,51,68)(H2,52,69)(H2,53,70)(H2,54,71)(H2,55,72)(H,56,73)(H,57,74)(H,58,75)(H,59,76)(H,60,77)(H,61,78)(H,62,79)(H,63,80)(H,81,82)/t19-,20-,21-,22-,23-,24-,25-,26-,27-/m0/s1. The normalized spacial score (nSPS) is 14.0. The predicted octanol–water partition coefficient (Wildman–Crippen LogP) is -11.3. The lowest BCUT2D eigenvalue weighted by atomic mass is 10.0. The zero-order chi connectivity index (χ0) is 63.0. The summed E-state index contributed by atoms with van der Waals surface area (Å²) in [6, 6.07) is -16.0. The smallest absolute Gasteiger partial charge is 0.326 e. The van der Waals surface area contributed by atoms with Crippen molar-refractivity contribution in [3.63, 3.8) is 0 Å². The molecule has 458 valence electrons. The molecule has 0 aromatic carbocycles. The van der Waals surface area contributed by atoms with Gasteiger partial charge in [0.25, 0.3) is 0 Å². The quantitative estimate of drug-likeness (QED) is 0.0269. The highest BCUT2D eigenvalue weighted by Crippen LogP contribution is 2.11. The van der Waals surface area contributed by atoms with E-state index in [9.17, 15) is 91.4 Å². The van der Waals surface area contributed by atoms with Gasteiger partial charge < -0.3 is 105 Å². The summed E-state index contributed by atoms with van der Waals surface area (Å²) >= 11 is 0. The van der Waals surface area contributed by atoms with Gasteiger partial charge in [0.15, 0.2) is 0 Å². The van der Waals surface area contributed by atoms with E-state index in [1.54, 1.807) is 0 Å². The van der Waals surface area contributed by atoms with Crippen LogP contribution < -0.4 is 99.9 Å². The molecule has 29 N–H and O–H groups in total. The van der Waals surface area contributed by atoms with Crippen molar-refractivity contribution >= 4 is 106 Å². The Morgan fingerprint density at radius 3 is 0.524 bits per heavy atom. The molecule has 0 aliphatic carbocycles. The fourth-order valence-electron chi connectivity index (χ4n) is 7.05. The number of hydrogen-bond donors (Lipinski definition) is 19. The van der Waals surface area contributed by atoms with Crippen molar-refractivity contribution in [2.45, 2.75) is 170 Å². The number of nitrogens with one attached hydrogen (secondary N) is 8. The summed E-state index contributed by atoms with van der Waals surface area (Å²) in [6.07, 6.45) is -10.2. The third kappa shape index (κ3) is 31.7. The first kappa shape index (κ1) is 72.4. The molecule has 37 heteroatoms. The Bertz CT molecular complexity index is 2410. The molecule has 0 bridgehead atoms. The highest BCUT2D eigenvalue weighted by Gasteiger charge is 2.36. The van der Waals surface area contributed by atoms with Crippen molar-refractivity contribution in [2.24, 2.45) is 57.3 Å². The number of primary amides is 9. The monoisotopic (exact) mass is 1170 g/mol. The molecule has 0 aromatic heterocycles. The largest absolute Gasteiger partial charge is 0.480 e. The molecule has 0 aromatic rings. The van der Waals surface area contributed by atoms with E-state index in [1.165, 1.54) is 0 Å². The van der Waals surface area contributed by atoms with Gasteiger partial charge >= 0.3 is 5.97 Å². The van der Waals surface area contributed by atoms with Crippen LogP contribution in [0.2, 0.25) is 0 Å². The van der Waals surface area contributed by atoms with Crippen molar-refractivity contribution in [1.29, 1.82) is 0 Å². The van der Waals surface area contributed by atoms with Crippen LogP contribution in [0.25, 0.3) is 0 Å². The van der Waals surface area contributed by atoms with E-state index in [1.807, 2.05) is 0 Å². The molecule has 0 saturated carbocycles. The molecule has 0 unspecified atom stereocenters. The number of carbonyl (C=O) groups excluding carboxylic acids is 17. The second-order valence-electron chi connectivity index (χ2n) is 18.5. The van der Waals surface area contributed by atoms with Gasteiger partial charge in [-0.15, -0.1) is 0 Å². The zero-order valence-corrected chi connectivity index (χ0v) is 44.5. The Kier molecular flexibility index (Phi) is 33.0. The SMILES string of the molecule is NC(=O)CC[C@H](NC(=O)[C@H](CCC(N)=O)NC(=O)[C@H](CCC(N)=O)NC(=O)[C@H](CCC(N)=O)NC(=O)[C@H](CCC(N)=O)NC(=O)[C@H](CCC(N)=O)NC(=O)[C@H](CCC(N)=O)NC(=O)[C@H](CCC(N)=O)NC(=O)[C@@H](N)CCC(N)=O)C(=O)O. The Balaban J connectivity index is 7.10. The van der Waals surface area contributed by atoms with E-state index < -0.39 is 264 Å². The molecule has 9 atom stereocenters. The first-order valence-electron chi connectivity index (χ1n) is 25.1. The molecule has 0 fully saturated rings. The minimum Gasteiger partial charge on any atom is -0.480 e. The van der Waals surface area contributed by atoms with Crippen LogP contribution in [0.15, 0.2) is 0 Å². The molecule has 82 heavy (non-hydrogen) atoms. The fourth-order valence-corrected chi connectivity index (χ4v) is 7.05. The third-order valence-electron chi connectivity index (χ3n) is 11.5. The van der Waals surface area contributed by atoms with Crippen LogP contribution >= 0.6 is 0 Å². The van der Waals surface area contributed by atoms with Crippen molar-refractivity contribution in [3.8, 4) is 0 Å². The van der Waals surface area contributed by atoms with Crippen LogP contribution in [0.4, 0.5) is 0 Å². The molecule has 17 amide bonds. The number of aliphatic carboxylic acids is 1. The number of carboxylic acids is 1. The maximum atomic E-state index is 14.1. The number of nitrogens with two attached hydrogens (primary N) is 10. The Labute approximate surface area is 466 Å². The molecule has 0 saturated heterocycles. The minimum absolute atomic E-state index is 0.265. The molecule has 0 aliphatic heterocycles. The van der Waals surface area contributed by atoms with Gasteiger partial charge in [0, 0.05) is 57.8 Å². The van der Waals surface area contributed by atoms with Gasteiger partial charge in [-0.25, -0.2) is 4.79 Å². The first-order chi connectivity index (χ1) is 38.1. The summed E-state index contributed by atoms with van der Waals surface area (Å²) in [6.45, 7) is 0. The summed E-state index contributed by atoms with van der Waals surface area (Å²) < 4.78 is 0. The van der Waals surface area contributed by atoms with Crippen molar-refractivity contribution in [2.75, 3.05) is 0 Å². The van der Waals surface area contributed by atoms with Crippen LogP contribution in [-0.4, -0.2) is 166 Å². The first-order valence-corrected chi connectivity index (χ1v) is 25.1. The Morgan fingerprint density at radius 1 is 0.232 bits per heavy atom. The number of rotatable bonds is 44. The van der Waals surface area contributed by atoms with E-state index >= 15 is 0 Å². The predicted molar refractivity (Wildman–Crippen MR) is 277 cm³/mol. The number of amides is 17. The van der Waals surface area contributed by atoms with E-state index in [2.05, 4.69) is 42.5 Å². The summed E-state index contributed by atoms with van der Waals surface area (Å²) in [5.74, 6) is -20.3. The van der Waals surface area contributed by atoms with Gasteiger partial charge in [0.1, 0.15) is 48.3 Å². The van der Waals surface area contributed by atoms with Crippen molar-refractivity contribution in [3.05, 3.63) is 0 Å². The molecule has 0 spiro atoms. The second kappa shape index (κ2) is 37.3. The van der Waals surface area contributed by atoms with Gasteiger partial charge in [-0.05, 0) is 57.8 Å². The molecular formula is C45H74N18O19. The maximum Gasteiger partial charge on any atom is 0.326 e. The van der Waals surface area contributed by atoms with Gasteiger partial charge in [0.05, 0.1) is 6.04 Å². The van der Waals surface area contributed by atoms with Crippen molar-refractivity contribution < 1.29 is 91.4 Å². The lowest BCUT2D eigenvalue weighted by Crippen LogP contribution is -2.60. The Morgan fingerprint density at radius 2 is 0.366 bits per heavy atom. The van der Waals surface area contributed by atoms with E-state index in [0.717, 1.165) is 0 Å². The molecule has 37 nitrogen and oxygen atoms in total. The van der Waals surface area contributed by atoms with Crippen LogP contribution in [0.3, 0.4) is 0 Å². The van der Waals surface area contributed by atoms with Crippen LogP contribution in [0.1, 0.15) is 116 Å². The van der Waals surface area contributed by atoms with Crippen LogP contribution in [0, 0.1) is 0 Å². The van der Waals surface area contributed by atoms with Crippen molar-refractivity contribution in [1.82, 2.24) is 42.5 Å². The molecule has 0 heterocycles. The molecule has 0 radical (unpaired) electrons. The number of carbonyl (C=O) groups is 18. The number of hydrogen-bond acceptors (Lipinski definition) is 19. The van der Waals surface area contributed by atoms with Crippen LogP contribution in [-0.2, 0) is 86.3 Å². The number of carboxylic acid groups (broad SMARTS) is 1. The average Bonchev–Trinajstić information content (AvgIpc) is 3.36. The van der Waals surface area contributed by atoms with Gasteiger partial charge in [-0.3, -0.25) is 81.5 Å². The third-order valence-corrected chi connectivity index (χ3v) is 11.5. The van der Waals surface area contributed by atoms with E-state index in [-0.39, 0.29) is 12.8 Å². The molecule has 0 aliphatic rings. The van der Waals surface area contributed by atoms with E-state index in [4.69, 9.17) is 57.3 Å². The highest BCUT2D eigenvalue weighted by molar-refractivity contribution is 5.99. The van der Waals surface area contributed by atoms with Gasteiger partial charge in [0.2, 0.25) is 100 Å². The average molecular weight is 1170 g/mol. The summed E-state index contributed by atoms with van der Waals surface area (Å²) in [7, 11) is 0. The summed E-state index contributed by atoms with van der Waals surface area (Å²) in [5.41, 5.74) is 53.0. The van der Waals surface area contributed by atoms with Crippen LogP contribution in [0.5, 0.6) is 0 Å². The fraction of sp³-hybridized carbons (Fsp3) is 0.600. The Hall–Kier alpha value is -9.58. The van der Waals surface area contributed by atoms with E-state index in [0.29, 0.717) is 0 Å². The molecular weight excluding hydrogens is 1100 g/mol. The van der Waals surface area contributed by atoms with Gasteiger partial charge in [-0.1, -0.05) is 0 Å².